The van der Waals surface area contributed by atoms with Crippen LogP contribution in [0.2, 0.25) is 0 Å². The van der Waals surface area contributed by atoms with Crippen LogP contribution in [-0.4, -0.2) is 50.3 Å². The number of ether oxygens (including phenoxy) is 2. The van der Waals surface area contributed by atoms with Crippen LogP contribution in [0, 0.1) is 0 Å². The van der Waals surface area contributed by atoms with Gasteiger partial charge in [0, 0.05) is 19.0 Å². The summed E-state index contributed by atoms with van der Waals surface area (Å²) in [7, 11) is 0. The van der Waals surface area contributed by atoms with Crippen molar-refractivity contribution in [2.75, 3.05) is 36.0 Å². The fraction of sp³-hybridized carbons (Fsp3) is 0.471. The van der Waals surface area contributed by atoms with E-state index in [9.17, 15) is 14.4 Å². The lowest BCUT2D eigenvalue weighted by Crippen LogP contribution is -2.38. The SMILES string of the molecule is CCC(=O)NC[C@H]1CN(c2ccc3c(c2)OCC(=O)N3CC)C(=O)O1. The summed E-state index contributed by atoms with van der Waals surface area (Å²) in [4.78, 5) is 38.5. The molecule has 1 N–H and O–H groups in total. The number of carbonyl (C=O) groups excluding carboxylic acids is 3. The van der Waals surface area contributed by atoms with Crippen LogP contribution in [0.25, 0.3) is 0 Å². The molecule has 8 nitrogen and oxygen atoms in total. The van der Waals surface area contributed by atoms with E-state index >= 15 is 0 Å². The lowest BCUT2D eigenvalue weighted by Gasteiger charge is -2.29. The van der Waals surface area contributed by atoms with Crippen LogP contribution in [0.15, 0.2) is 18.2 Å². The van der Waals surface area contributed by atoms with Crippen molar-refractivity contribution in [3.05, 3.63) is 18.2 Å². The van der Waals surface area contributed by atoms with Crippen LogP contribution in [0.5, 0.6) is 5.75 Å². The molecule has 8 heteroatoms. The second-order valence-corrected chi connectivity index (χ2v) is 5.85. The van der Waals surface area contributed by atoms with Crippen LogP contribution in [-0.2, 0) is 14.3 Å². The van der Waals surface area contributed by atoms with Gasteiger partial charge in [0.25, 0.3) is 5.91 Å². The Balaban J connectivity index is 1.73. The summed E-state index contributed by atoms with van der Waals surface area (Å²) in [5.41, 5.74) is 1.33. The molecule has 0 saturated carbocycles. The largest absolute Gasteiger partial charge is 0.481 e. The van der Waals surface area contributed by atoms with Gasteiger partial charge in [-0.05, 0) is 19.1 Å². The zero-order valence-electron chi connectivity index (χ0n) is 14.3. The Morgan fingerprint density at radius 3 is 2.84 bits per heavy atom. The van der Waals surface area contributed by atoms with Crippen LogP contribution in [0.3, 0.4) is 0 Å². The smallest absolute Gasteiger partial charge is 0.414 e. The van der Waals surface area contributed by atoms with E-state index in [0.29, 0.717) is 36.6 Å². The van der Waals surface area contributed by atoms with Gasteiger partial charge in [-0.3, -0.25) is 14.5 Å². The maximum Gasteiger partial charge on any atom is 0.414 e. The molecule has 0 radical (unpaired) electrons. The Hall–Kier alpha value is -2.77. The molecule has 2 aliphatic heterocycles. The van der Waals surface area contributed by atoms with E-state index in [2.05, 4.69) is 5.32 Å². The number of cyclic esters (lactones) is 1. The van der Waals surface area contributed by atoms with Crippen molar-refractivity contribution >= 4 is 29.3 Å². The van der Waals surface area contributed by atoms with Gasteiger partial charge in [-0.15, -0.1) is 0 Å². The maximum atomic E-state index is 12.1. The number of likely N-dealkylation sites (N-methyl/N-ethyl adjacent to an activating group) is 1. The minimum Gasteiger partial charge on any atom is -0.481 e. The fourth-order valence-electron chi connectivity index (χ4n) is 2.90. The minimum atomic E-state index is -0.463. The number of hydrogen-bond donors (Lipinski definition) is 1. The first kappa shape index (κ1) is 17.1. The minimum absolute atomic E-state index is 0.0135. The third kappa shape index (κ3) is 3.38. The molecular weight excluding hydrogens is 326 g/mol. The third-order valence-corrected chi connectivity index (χ3v) is 4.24. The van der Waals surface area contributed by atoms with Crippen molar-refractivity contribution in [1.29, 1.82) is 0 Å². The average molecular weight is 347 g/mol. The summed E-state index contributed by atoms with van der Waals surface area (Å²) in [6.45, 7) is 4.83. The van der Waals surface area contributed by atoms with E-state index in [1.165, 1.54) is 4.90 Å². The van der Waals surface area contributed by atoms with Gasteiger partial charge in [-0.2, -0.15) is 0 Å². The van der Waals surface area contributed by atoms with Crippen LogP contribution in [0.4, 0.5) is 16.2 Å². The predicted octanol–water partition coefficient (Wildman–Crippen LogP) is 1.28. The van der Waals surface area contributed by atoms with Gasteiger partial charge in [0.2, 0.25) is 5.91 Å². The highest BCUT2D eigenvalue weighted by Gasteiger charge is 2.33. The number of fused-ring (bicyclic) bond motifs is 1. The summed E-state index contributed by atoms with van der Waals surface area (Å²) in [6.07, 6.45) is -0.470. The summed E-state index contributed by atoms with van der Waals surface area (Å²) in [6, 6.07) is 5.26. The van der Waals surface area contributed by atoms with Gasteiger partial charge in [0.1, 0.15) is 11.9 Å². The summed E-state index contributed by atoms with van der Waals surface area (Å²) in [5, 5.41) is 2.72. The Kier molecular flexibility index (Phi) is 4.78. The molecule has 0 unspecified atom stereocenters. The van der Waals surface area contributed by atoms with E-state index in [1.807, 2.05) is 6.92 Å². The Morgan fingerprint density at radius 1 is 1.32 bits per heavy atom. The van der Waals surface area contributed by atoms with Crippen LogP contribution < -0.4 is 19.9 Å². The molecule has 1 aromatic carbocycles. The van der Waals surface area contributed by atoms with E-state index in [4.69, 9.17) is 9.47 Å². The van der Waals surface area contributed by atoms with Gasteiger partial charge >= 0.3 is 6.09 Å². The Morgan fingerprint density at radius 2 is 2.12 bits per heavy atom. The van der Waals surface area contributed by atoms with E-state index in [0.717, 1.165) is 0 Å². The first-order chi connectivity index (χ1) is 12.0. The number of benzene rings is 1. The van der Waals surface area contributed by atoms with Crippen LogP contribution >= 0.6 is 0 Å². The number of nitrogens with one attached hydrogen (secondary N) is 1. The molecule has 0 bridgehead atoms. The van der Waals surface area contributed by atoms with Crippen molar-refractivity contribution < 1.29 is 23.9 Å². The molecule has 25 heavy (non-hydrogen) atoms. The first-order valence-electron chi connectivity index (χ1n) is 8.35. The molecule has 134 valence electrons. The summed E-state index contributed by atoms with van der Waals surface area (Å²) in [5.74, 6) is 0.394. The topological polar surface area (TPSA) is 88.2 Å². The normalized spacial score (nSPS) is 19.4. The standard InChI is InChI=1S/C17H21N3O5/c1-3-15(21)18-8-12-9-20(17(23)25-12)11-5-6-13-14(7-11)24-10-16(22)19(13)4-2/h5-7,12H,3-4,8-10H2,1-2H3,(H,18,21)/t12-/m0/s1. The number of carbonyl (C=O) groups is 3. The molecule has 1 saturated heterocycles. The van der Waals surface area contributed by atoms with Gasteiger partial charge in [-0.1, -0.05) is 6.92 Å². The average Bonchev–Trinajstić information content (AvgIpc) is 3.00. The monoisotopic (exact) mass is 347 g/mol. The first-order valence-corrected chi connectivity index (χ1v) is 8.35. The highest BCUT2D eigenvalue weighted by atomic mass is 16.6. The zero-order chi connectivity index (χ0) is 18.0. The van der Waals surface area contributed by atoms with E-state index < -0.39 is 12.2 Å². The molecule has 0 aromatic heterocycles. The number of anilines is 2. The lowest BCUT2D eigenvalue weighted by atomic mass is 10.2. The predicted molar refractivity (Wildman–Crippen MR) is 90.9 cm³/mol. The van der Waals surface area contributed by atoms with E-state index in [1.54, 1.807) is 30.0 Å². The third-order valence-electron chi connectivity index (χ3n) is 4.24. The second-order valence-electron chi connectivity index (χ2n) is 5.85. The second kappa shape index (κ2) is 7.00. The van der Waals surface area contributed by atoms with Crippen molar-refractivity contribution in [3.63, 3.8) is 0 Å². The molecule has 1 atom stereocenters. The van der Waals surface area contributed by atoms with Gasteiger partial charge in [0.15, 0.2) is 6.61 Å². The van der Waals surface area contributed by atoms with Gasteiger partial charge in [0.05, 0.1) is 24.5 Å². The number of nitrogens with zero attached hydrogens (tertiary/aromatic N) is 2. The van der Waals surface area contributed by atoms with Crippen molar-refractivity contribution in [1.82, 2.24) is 5.32 Å². The molecule has 1 aromatic rings. The molecular formula is C17H21N3O5. The summed E-state index contributed by atoms with van der Waals surface area (Å²) >= 11 is 0. The van der Waals surface area contributed by atoms with Crippen molar-refractivity contribution in [3.8, 4) is 5.75 Å². The summed E-state index contributed by atoms with van der Waals surface area (Å²) < 4.78 is 10.8. The molecule has 0 aliphatic carbocycles. The van der Waals surface area contributed by atoms with Crippen molar-refractivity contribution in [2.45, 2.75) is 26.4 Å². The molecule has 3 amide bonds. The Labute approximate surface area is 145 Å². The highest BCUT2D eigenvalue weighted by Crippen LogP contribution is 2.36. The zero-order valence-corrected chi connectivity index (χ0v) is 14.3. The number of amides is 3. The van der Waals surface area contributed by atoms with E-state index in [-0.39, 0.29) is 25.0 Å². The Bertz CT molecular complexity index is 706. The fourth-order valence-corrected chi connectivity index (χ4v) is 2.90. The highest BCUT2D eigenvalue weighted by molar-refractivity contribution is 5.99. The molecule has 2 aliphatic rings. The quantitative estimate of drug-likeness (QED) is 0.867. The number of rotatable bonds is 5. The molecule has 1 fully saturated rings. The maximum absolute atomic E-state index is 12.1. The lowest BCUT2D eigenvalue weighted by molar-refractivity contribution is -0.121. The van der Waals surface area contributed by atoms with Gasteiger partial charge in [-0.25, -0.2) is 4.79 Å². The number of hydrogen-bond acceptors (Lipinski definition) is 5. The van der Waals surface area contributed by atoms with Crippen molar-refractivity contribution in [2.24, 2.45) is 0 Å². The molecule has 3 rings (SSSR count). The molecule has 2 heterocycles. The molecule has 0 spiro atoms. The van der Waals surface area contributed by atoms with Crippen LogP contribution in [0.1, 0.15) is 20.3 Å². The van der Waals surface area contributed by atoms with Gasteiger partial charge < -0.3 is 19.7 Å².